The summed E-state index contributed by atoms with van der Waals surface area (Å²) < 4.78 is 6.19. The van der Waals surface area contributed by atoms with Crippen molar-refractivity contribution in [3.63, 3.8) is 0 Å². The predicted octanol–water partition coefficient (Wildman–Crippen LogP) is 3.20. The van der Waals surface area contributed by atoms with E-state index in [-0.39, 0.29) is 11.6 Å². The van der Waals surface area contributed by atoms with Crippen LogP contribution in [0, 0.1) is 6.92 Å². The second-order valence-electron chi connectivity index (χ2n) is 7.37. The van der Waals surface area contributed by atoms with E-state index in [4.69, 9.17) is 4.98 Å². The highest BCUT2D eigenvalue weighted by atomic mass is 32.1. The first-order valence-corrected chi connectivity index (χ1v) is 10.6. The lowest BCUT2D eigenvalue weighted by Crippen LogP contribution is -2.33. The molecule has 1 aromatic carbocycles. The van der Waals surface area contributed by atoms with Crippen LogP contribution in [0.5, 0.6) is 0 Å². The van der Waals surface area contributed by atoms with Crippen molar-refractivity contribution in [3.05, 3.63) is 57.8 Å². The lowest BCUT2D eigenvalue weighted by Gasteiger charge is -2.21. The number of aryl methyl sites for hydroxylation is 1. The van der Waals surface area contributed by atoms with Gasteiger partial charge in [0.25, 0.3) is 5.56 Å². The first kappa shape index (κ1) is 20.6. The van der Waals surface area contributed by atoms with Crippen LogP contribution in [-0.4, -0.2) is 46.0 Å². The zero-order valence-electron chi connectivity index (χ0n) is 17.1. The monoisotopic (exact) mass is 399 g/mol. The number of aromatic nitrogens is 3. The summed E-state index contributed by atoms with van der Waals surface area (Å²) >= 11 is 1.31. The van der Waals surface area contributed by atoms with Crippen LogP contribution in [0.2, 0.25) is 0 Å². The van der Waals surface area contributed by atoms with Crippen molar-refractivity contribution in [2.45, 2.75) is 39.3 Å². The van der Waals surface area contributed by atoms with Gasteiger partial charge in [0, 0.05) is 0 Å². The molecule has 0 radical (unpaired) electrons. The molecule has 28 heavy (non-hydrogen) atoms. The van der Waals surface area contributed by atoms with Gasteiger partial charge in [-0.3, -0.25) is 9.36 Å². The number of nitrogens with one attached hydrogen (secondary N) is 1. The van der Waals surface area contributed by atoms with Crippen molar-refractivity contribution < 1.29 is 0 Å². The Morgan fingerprint density at radius 2 is 2.00 bits per heavy atom. The maximum absolute atomic E-state index is 13.3. The summed E-state index contributed by atoms with van der Waals surface area (Å²) in [6.45, 7) is 6.44. The quantitative estimate of drug-likeness (QED) is 0.560. The van der Waals surface area contributed by atoms with Crippen LogP contribution in [0.25, 0.3) is 10.2 Å². The van der Waals surface area contributed by atoms with E-state index < -0.39 is 0 Å². The Hall–Kier alpha value is -2.09. The standard InChI is InChI=1S/C21H29N5OS/c1-5-17(22-12-9-13-25(3)4)19-23-20-18(15(2)24-28-20)21(27)26(19)14-16-10-7-6-8-11-16/h6-8,10-11,17,22H,5,9,12-14H2,1-4H3. The second-order valence-corrected chi connectivity index (χ2v) is 8.12. The highest BCUT2D eigenvalue weighted by Gasteiger charge is 2.21. The van der Waals surface area contributed by atoms with Crippen LogP contribution in [0.15, 0.2) is 35.1 Å². The van der Waals surface area contributed by atoms with Crippen molar-refractivity contribution in [2.24, 2.45) is 0 Å². The van der Waals surface area contributed by atoms with Gasteiger partial charge in [0.1, 0.15) is 5.82 Å². The van der Waals surface area contributed by atoms with Crippen molar-refractivity contribution in [1.82, 2.24) is 24.1 Å². The predicted molar refractivity (Wildman–Crippen MR) is 116 cm³/mol. The Kier molecular flexibility index (Phi) is 6.93. The van der Waals surface area contributed by atoms with Crippen molar-refractivity contribution >= 4 is 21.7 Å². The van der Waals surface area contributed by atoms with E-state index in [2.05, 4.69) is 35.6 Å². The smallest absolute Gasteiger partial charge is 0.264 e. The van der Waals surface area contributed by atoms with Gasteiger partial charge in [-0.1, -0.05) is 37.3 Å². The first-order valence-electron chi connectivity index (χ1n) is 9.80. The molecule has 1 unspecified atom stereocenters. The third-order valence-electron chi connectivity index (χ3n) is 4.87. The Bertz CT molecular complexity index is 964. The Morgan fingerprint density at radius 1 is 1.25 bits per heavy atom. The summed E-state index contributed by atoms with van der Waals surface area (Å²) in [5, 5.41) is 4.25. The highest BCUT2D eigenvalue weighted by molar-refractivity contribution is 7.12. The summed E-state index contributed by atoms with van der Waals surface area (Å²) in [5.41, 5.74) is 1.86. The van der Waals surface area contributed by atoms with Gasteiger partial charge in [-0.25, -0.2) is 4.98 Å². The highest BCUT2D eigenvalue weighted by Crippen LogP contribution is 2.22. The molecule has 0 amide bonds. The van der Waals surface area contributed by atoms with Crippen LogP contribution >= 0.6 is 11.5 Å². The van der Waals surface area contributed by atoms with Gasteiger partial charge in [0.2, 0.25) is 0 Å². The third-order valence-corrected chi connectivity index (χ3v) is 5.71. The molecule has 150 valence electrons. The number of hydrogen-bond acceptors (Lipinski definition) is 6. The molecule has 0 aliphatic heterocycles. The summed E-state index contributed by atoms with van der Waals surface area (Å²) in [5.74, 6) is 0.803. The largest absolute Gasteiger partial charge is 0.309 e. The summed E-state index contributed by atoms with van der Waals surface area (Å²) in [4.78, 5) is 21.1. The van der Waals surface area contributed by atoms with Crippen LogP contribution in [0.4, 0.5) is 0 Å². The SMILES string of the molecule is CCC(NCCCN(C)C)c1nc2snc(C)c2c(=O)n1Cc1ccccc1. The Morgan fingerprint density at radius 3 is 2.68 bits per heavy atom. The molecule has 3 aromatic rings. The van der Waals surface area contributed by atoms with E-state index in [0.29, 0.717) is 11.9 Å². The van der Waals surface area contributed by atoms with Crippen LogP contribution in [0.1, 0.15) is 42.9 Å². The molecule has 0 spiro atoms. The van der Waals surface area contributed by atoms with Crippen LogP contribution < -0.4 is 10.9 Å². The number of benzene rings is 1. The average Bonchev–Trinajstić information content (AvgIpc) is 3.06. The minimum Gasteiger partial charge on any atom is -0.309 e. The normalized spacial score (nSPS) is 12.8. The average molecular weight is 400 g/mol. The molecule has 0 saturated carbocycles. The molecule has 1 atom stereocenters. The van der Waals surface area contributed by atoms with E-state index in [1.165, 1.54) is 11.5 Å². The lowest BCUT2D eigenvalue weighted by atomic mass is 10.1. The van der Waals surface area contributed by atoms with Gasteiger partial charge >= 0.3 is 0 Å². The molecule has 0 aliphatic rings. The molecule has 1 N–H and O–H groups in total. The van der Waals surface area contributed by atoms with Gasteiger partial charge in [-0.05, 0) is 64.0 Å². The molecular weight excluding hydrogens is 370 g/mol. The lowest BCUT2D eigenvalue weighted by molar-refractivity contribution is 0.380. The molecule has 0 fully saturated rings. The van der Waals surface area contributed by atoms with Gasteiger partial charge in [0.05, 0.1) is 23.7 Å². The zero-order valence-corrected chi connectivity index (χ0v) is 17.9. The van der Waals surface area contributed by atoms with E-state index in [1.807, 2.05) is 41.8 Å². The molecule has 0 saturated heterocycles. The topological polar surface area (TPSA) is 63.0 Å². The van der Waals surface area contributed by atoms with E-state index in [9.17, 15) is 4.79 Å². The fourth-order valence-electron chi connectivity index (χ4n) is 3.36. The maximum atomic E-state index is 13.3. The first-order chi connectivity index (χ1) is 13.5. The molecule has 7 heteroatoms. The number of hydrogen-bond donors (Lipinski definition) is 1. The van der Waals surface area contributed by atoms with Crippen molar-refractivity contribution in [1.29, 1.82) is 0 Å². The van der Waals surface area contributed by atoms with Gasteiger partial charge < -0.3 is 10.2 Å². The molecule has 0 aliphatic carbocycles. The number of fused-ring (bicyclic) bond motifs is 1. The molecular formula is C21H29N5OS. The Balaban J connectivity index is 1.98. The third kappa shape index (κ3) is 4.66. The zero-order chi connectivity index (χ0) is 20.1. The summed E-state index contributed by atoms with van der Waals surface area (Å²) in [6, 6.07) is 10.1. The summed E-state index contributed by atoms with van der Waals surface area (Å²) in [7, 11) is 4.16. The number of nitrogens with zero attached hydrogens (tertiary/aromatic N) is 4. The van der Waals surface area contributed by atoms with E-state index >= 15 is 0 Å². The van der Waals surface area contributed by atoms with E-state index in [1.54, 1.807) is 0 Å². The molecule has 2 heterocycles. The van der Waals surface area contributed by atoms with Gasteiger partial charge in [-0.15, -0.1) is 0 Å². The minimum atomic E-state index is 0.00337. The molecule has 0 bridgehead atoms. The number of rotatable bonds is 9. The van der Waals surface area contributed by atoms with Crippen LogP contribution in [-0.2, 0) is 6.54 Å². The maximum Gasteiger partial charge on any atom is 0.264 e. The van der Waals surface area contributed by atoms with Crippen molar-refractivity contribution in [3.8, 4) is 0 Å². The second kappa shape index (κ2) is 9.41. The fraction of sp³-hybridized carbons (Fsp3) is 0.476. The summed E-state index contributed by atoms with van der Waals surface area (Å²) in [6.07, 6.45) is 1.92. The molecule has 2 aromatic heterocycles. The molecule has 3 rings (SSSR count). The molecule has 6 nitrogen and oxygen atoms in total. The van der Waals surface area contributed by atoms with Gasteiger partial charge in [-0.2, -0.15) is 4.37 Å². The fourth-order valence-corrected chi connectivity index (χ4v) is 4.13. The van der Waals surface area contributed by atoms with Gasteiger partial charge in [0.15, 0.2) is 4.83 Å². The van der Waals surface area contributed by atoms with E-state index in [0.717, 1.165) is 47.8 Å². The van der Waals surface area contributed by atoms with Crippen LogP contribution in [0.3, 0.4) is 0 Å². The minimum absolute atomic E-state index is 0.00337. The Labute approximate surface area is 170 Å². The van der Waals surface area contributed by atoms with Crippen molar-refractivity contribution in [2.75, 3.05) is 27.2 Å².